The topological polar surface area (TPSA) is 104 Å². The molecule has 0 saturated heterocycles. The number of hydrogen-bond donors (Lipinski definition) is 2. The lowest BCUT2D eigenvalue weighted by atomic mass is 9.64. The Labute approximate surface area is 333 Å². The highest BCUT2D eigenvalue weighted by Crippen LogP contribution is 2.59. The largest absolute Gasteiger partial charge is 0.573 e. The number of hydrogen-bond acceptors (Lipinski definition) is 7. The van der Waals surface area contributed by atoms with Gasteiger partial charge in [0, 0.05) is 41.1 Å². The highest BCUT2D eigenvalue weighted by molar-refractivity contribution is 7.91. The van der Waals surface area contributed by atoms with E-state index in [0.29, 0.717) is 55.2 Å². The van der Waals surface area contributed by atoms with E-state index in [4.69, 9.17) is 11.6 Å². The molecule has 3 aromatic carbocycles. The number of benzene rings is 3. The molecule has 300 valence electrons. The van der Waals surface area contributed by atoms with Crippen LogP contribution in [0, 0.1) is 11.2 Å². The van der Waals surface area contributed by atoms with Crippen LogP contribution < -0.4 is 4.74 Å². The summed E-state index contributed by atoms with van der Waals surface area (Å²) in [7, 11) is -4.22. The SMILES string of the molecule is CC1=CCCC2(C)C(CCC2(O)CN(Cc2ccc(OC(F)(F)F)cc2)S(=O)(=O)c2cccs2)c2ccc(cc2C(=O)Cc2c(F)cccc2Cl)CC(O)CC1. The average Bonchev–Trinajstić information content (AvgIpc) is 3.76. The van der Waals surface area contributed by atoms with Crippen LogP contribution in [0.1, 0.15) is 90.9 Å². The molecule has 0 aliphatic heterocycles. The molecule has 7 nitrogen and oxygen atoms in total. The van der Waals surface area contributed by atoms with Crippen molar-refractivity contribution in [3.63, 3.8) is 0 Å². The van der Waals surface area contributed by atoms with Crippen LogP contribution in [0.25, 0.3) is 0 Å². The van der Waals surface area contributed by atoms with Crippen molar-refractivity contribution in [3.05, 3.63) is 128 Å². The van der Waals surface area contributed by atoms with Gasteiger partial charge in [0.05, 0.1) is 11.7 Å². The Morgan fingerprint density at radius 2 is 1.80 bits per heavy atom. The lowest BCUT2D eigenvalue weighted by Gasteiger charge is -2.46. The van der Waals surface area contributed by atoms with Crippen LogP contribution in [0.4, 0.5) is 17.6 Å². The van der Waals surface area contributed by atoms with E-state index in [-0.39, 0.29) is 46.5 Å². The number of halogens is 5. The lowest BCUT2D eigenvalue weighted by Crippen LogP contribution is -2.53. The molecular weight excluding hydrogens is 790 g/mol. The van der Waals surface area contributed by atoms with Gasteiger partial charge in [-0.2, -0.15) is 4.31 Å². The fraction of sp³-hybridized carbons (Fsp3) is 0.405. The summed E-state index contributed by atoms with van der Waals surface area (Å²) in [6.07, 6.45) is -0.944. The number of ether oxygens (including phenoxy) is 1. The number of aliphatic hydroxyl groups excluding tert-OH is 1. The molecule has 1 saturated carbocycles. The van der Waals surface area contributed by atoms with E-state index >= 15 is 0 Å². The van der Waals surface area contributed by atoms with Crippen LogP contribution in [0.3, 0.4) is 0 Å². The predicted molar refractivity (Wildman–Crippen MR) is 208 cm³/mol. The highest BCUT2D eigenvalue weighted by Gasteiger charge is 2.58. The van der Waals surface area contributed by atoms with E-state index < -0.39 is 51.0 Å². The van der Waals surface area contributed by atoms with Gasteiger partial charge in [-0.05, 0) is 116 Å². The molecule has 0 amide bonds. The van der Waals surface area contributed by atoms with E-state index in [0.717, 1.165) is 34.6 Å². The molecule has 0 spiro atoms. The van der Waals surface area contributed by atoms with E-state index in [9.17, 15) is 41.0 Å². The number of alkyl halides is 3. The van der Waals surface area contributed by atoms with Crippen LogP contribution in [0.2, 0.25) is 5.02 Å². The number of aliphatic hydroxyl groups is 2. The Balaban J connectivity index is 1.42. The molecule has 1 fully saturated rings. The molecule has 56 heavy (non-hydrogen) atoms. The number of nitrogens with zero attached hydrogens (tertiary/aromatic N) is 1. The van der Waals surface area contributed by atoms with Crippen LogP contribution in [0.15, 0.2) is 94.0 Å². The van der Waals surface area contributed by atoms with Gasteiger partial charge in [-0.25, -0.2) is 12.8 Å². The molecule has 4 aromatic rings. The molecule has 3 aliphatic carbocycles. The molecule has 2 N–H and O–H groups in total. The third-order valence-electron chi connectivity index (χ3n) is 11.4. The number of fused-ring (bicyclic) bond motifs is 8. The fourth-order valence-corrected chi connectivity index (χ4v) is 11.1. The first-order valence-electron chi connectivity index (χ1n) is 18.4. The third kappa shape index (κ3) is 9.24. The summed E-state index contributed by atoms with van der Waals surface area (Å²) in [6.45, 7) is 3.30. The fourth-order valence-electron chi connectivity index (χ4n) is 8.25. The van der Waals surface area contributed by atoms with Gasteiger partial charge in [-0.15, -0.1) is 24.5 Å². The Morgan fingerprint density at radius 3 is 2.48 bits per heavy atom. The van der Waals surface area contributed by atoms with E-state index in [2.05, 4.69) is 10.8 Å². The van der Waals surface area contributed by atoms with Gasteiger partial charge in [-0.3, -0.25) is 4.79 Å². The van der Waals surface area contributed by atoms with Gasteiger partial charge in [0.1, 0.15) is 15.8 Å². The summed E-state index contributed by atoms with van der Waals surface area (Å²) in [5.41, 5.74) is 0.505. The molecule has 1 aromatic heterocycles. The summed E-state index contributed by atoms with van der Waals surface area (Å²) in [6, 6.07) is 17.7. The van der Waals surface area contributed by atoms with Crippen LogP contribution in [-0.2, 0) is 29.4 Å². The number of Topliss-reactive ketones (excluding diaryl/α,β-unsaturated/α-hetero) is 1. The van der Waals surface area contributed by atoms with Crippen molar-refractivity contribution in [2.75, 3.05) is 6.54 Å². The number of sulfonamides is 1. The van der Waals surface area contributed by atoms with Crippen molar-refractivity contribution in [1.29, 1.82) is 0 Å². The summed E-state index contributed by atoms with van der Waals surface area (Å²) in [4.78, 5) is 14.3. The van der Waals surface area contributed by atoms with Crippen molar-refractivity contribution >= 4 is 38.7 Å². The summed E-state index contributed by atoms with van der Waals surface area (Å²) < 4.78 is 87.4. The van der Waals surface area contributed by atoms with Gasteiger partial charge in [0.2, 0.25) is 0 Å². The normalized spacial score (nSPS) is 23.4. The first kappa shape index (κ1) is 42.0. The average molecular weight is 834 g/mol. The number of ketones is 1. The molecule has 0 radical (unpaired) electrons. The maximum absolute atomic E-state index is 15.0. The first-order chi connectivity index (χ1) is 26.4. The molecule has 7 rings (SSSR count). The standard InChI is InChI=1S/C42H44ClF4NO6S2/c1-27-6-4-19-40(2)35(32-17-13-29(22-30(49)14-10-27)23-33(32)38(50)24-34-36(43)7-3-8-37(34)44)18-20-41(40,51)26-48(56(52,53)39-9-5-21-55-39)25-28-11-15-31(16-12-28)54-42(45,46)47/h3,5-9,11-13,15-17,21,23,30,35,49,51H,4,10,14,18-20,22,24-26H2,1-2H3. The lowest BCUT2D eigenvalue weighted by molar-refractivity contribution is -0.274. The molecule has 4 atom stereocenters. The maximum atomic E-state index is 15.0. The molecule has 1 heterocycles. The maximum Gasteiger partial charge on any atom is 0.573 e. The van der Waals surface area contributed by atoms with Crippen molar-refractivity contribution in [2.24, 2.45) is 5.41 Å². The van der Waals surface area contributed by atoms with Crippen molar-refractivity contribution in [2.45, 2.75) is 100.0 Å². The molecule has 4 unspecified atom stereocenters. The van der Waals surface area contributed by atoms with Gasteiger partial charge < -0.3 is 14.9 Å². The first-order valence-corrected chi connectivity index (χ1v) is 21.1. The minimum Gasteiger partial charge on any atom is -0.406 e. The zero-order valence-electron chi connectivity index (χ0n) is 31.0. The predicted octanol–water partition coefficient (Wildman–Crippen LogP) is 9.79. The van der Waals surface area contributed by atoms with Gasteiger partial charge in [0.25, 0.3) is 10.0 Å². The summed E-state index contributed by atoms with van der Waals surface area (Å²) >= 11 is 7.36. The van der Waals surface area contributed by atoms with Gasteiger partial charge in [0.15, 0.2) is 5.78 Å². The molecule has 14 heteroatoms. The highest BCUT2D eigenvalue weighted by atomic mass is 35.5. The van der Waals surface area contributed by atoms with Crippen LogP contribution in [-0.4, -0.2) is 53.3 Å². The third-order valence-corrected chi connectivity index (χ3v) is 14.9. The monoisotopic (exact) mass is 833 g/mol. The number of carbonyl (C=O) groups is 1. The second-order valence-electron chi connectivity index (χ2n) is 15.1. The minimum atomic E-state index is -4.90. The Morgan fingerprint density at radius 1 is 1.05 bits per heavy atom. The zero-order chi connectivity index (χ0) is 40.5. The number of allylic oxidation sites excluding steroid dienone is 2. The van der Waals surface area contributed by atoms with Crippen molar-refractivity contribution in [3.8, 4) is 5.75 Å². The number of rotatable bonds is 10. The summed E-state index contributed by atoms with van der Waals surface area (Å²) in [5.74, 6) is -1.91. The van der Waals surface area contributed by atoms with Crippen molar-refractivity contribution < 1.29 is 45.7 Å². The van der Waals surface area contributed by atoms with Gasteiger partial charge >= 0.3 is 6.36 Å². The zero-order valence-corrected chi connectivity index (χ0v) is 33.4. The van der Waals surface area contributed by atoms with E-state index in [1.807, 2.05) is 26.0 Å². The Kier molecular flexibility index (Phi) is 12.5. The quantitative estimate of drug-likeness (QED) is 0.0938. The number of thiophene rings is 1. The van der Waals surface area contributed by atoms with Crippen LogP contribution in [0.5, 0.6) is 5.75 Å². The van der Waals surface area contributed by atoms with E-state index in [1.165, 1.54) is 40.7 Å². The summed E-state index contributed by atoms with van der Waals surface area (Å²) in [5, 5.41) is 25.6. The Bertz CT molecular complexity index is 2160. The smallest absolute Gasteiger partial charge is 0.406 e. The molecule has 3 aliphatic rings. The van der Waals surface area contributed by atoms with E-state index in [1.54, 1.807) is 17.5 Å². The van der Waals surface area contributed by atoms with Gasteiger partial charge in [-0.1, -0.05) is 66.6 Å². The minimum absolute atomic E-state index is 0.0415. The second-order valence-corrected chi connectivity index (χ2v) is 18.7. The second kappa shape index (κ2) is 16.7. The van der Waals surface area contributed by atoms with Crippen LogP contribution >= 0.6 is 22.9 Å². The Hall–Kier alpha value is -3.59. The molecule has 2 bridgehead atoms. The van der Waals surface area contributed by atoms with Crippen molar-refractivity contribution in [1.82, 2.24) is 4.31 Å². The molecular formula is C42H44ClF4NO6S2. The number of carbonyl (C=O) groups excluding carboxylic acids is 1.